The molecule has 1 aromatic heterocycles. The van der Waals surface area contributed by atoms with E-state index in [-0.39, 0.29) is 12.8 Å². The molecule has 0 fully saturated rings. The van der Waals surface area contributed by atoms with Crippen molar-refractivity contribution in [1.82, 2.24) is 4.98 Å². The van der Waals surface area contributed by atoms with Crippen molar-refractivity contribution in [3.05, 3.63) is 14.5 Å². The highest BCUT2D eigenvalue weighted by atomic mass is 79.9. The molecule has 0 amide bonds. The third kappa shape index (κ3) is 1.52. The van der Waals surface area contributed by atoms with Crippen LogP contribution >= 0.6 is 27.3 Å². The van der Waals surface area contributed by atoms with Gasteiger partial charge in [-0.15, -0.1) is 11.3 Å². The molecular formula is C7H6BrF2NS. The summed E-state index contributed by atoms with van der Waals surface area (Å²) in [4.78, 5) is 4.85. The summed E-state index contributed by atoms with van der Waals surface area (Å²) in [6, 6.07) is 0. The van der Waals surface area contributed by atoms with Crippen LogP contribution in [0.25, 0.3) is 0 Å². The molecular weight excluding hydrogens is 248 g/mol. The Bertz CT molecular complexity index is 310. The fourth-order valence-corrected chi connectivity index (χ4v) is 3.02. The largest absolute Gasteiger partial charge is 0.253 e. The summed E-state index contributed by atoms with van der Waals surface area (Å²) in [5, 5.41) is 0. The number of rotatable bonds is 0. The zero-order chi connectivity index (χ0) is 8.77. The Morgan fingerprint density at radius 2 is 2.25 bits per heavy atom. The first-order chi connectivity index (χ1) is 5.57. The SMILES string of the molecule is FC1(F)CCc2nc(Br)sc2C1. The first kappa shape index (κ1) is 8.56. The maximum Gasteiger partial charge on any atom is 0.253 e. The van der Waals surface area contributed by atoms with Gasteiger partial charge in [0, 0.05) is 17.7 Å². The lowest BCUT2D eigenvalue weighted by molar-refractivity contribution is -0.0116. The average molecular weight is 254 g/mol. The summed E-state index contributed by atoms with van der Waals surface area (Å²) in [7, 11) is 0. The normalized spacial score (nSPS) is 20.6. The molecule has 0 atom stereocenters. The predicted molar refractivity (Wildman–Crippen MR) is 46.8 cm³/mol. The van der Waals surface area contributed by atoms with E-state index in [4.69, 9.17) is 0 Å². The van der Waals surface area contributed by atoms with E-state index in [0.717, 1.165) is 10.6 Å². The summed E-state index contributed by atoms with van der Waals surface area (Å²) in [5.74, 6) is -2.51. The van der Waals surface area contributed by atoms with Gasteiger partial charge in [-0.25, -0.2) is 13.8 Å². The minimum atomic E-state index is -2.51. The molecule has 66 valence electrons. The first-order valence-electron chi connectivity index (χ1n) is 3.59. The van der Waals surface area contributed by atoms with Crippen LogP contribution in [0.2, 0.25) is 0 Å². The standard InChI is InChI=1S/C7H6BrF2NS/c8-6-11-4-1-2-7(9,10)3-5(4)12-6/h1-3H2. The summed E-state index contributed by atoms with van der Waals surface area (Å²) in [5.41, 5.74) is 0.845. The van der Waals surface area contributed by atoms with Crippen LogP contribution in [0.3, 0.4) is 0 Å². The predicted octanol–water partition coefficient (Wildman–Crippen LogP) is 3.03. The van der Waals surface area contributed by atoms with Gasteiger partial charge in [-0.2, -0.15) is 0 Å². The van der Waals surface area contributed by atoms with Crippen LogP contribution in [0.4, 0.5) is 8.78 Å². The number of aryl methyl sites for hydroxylation is 1. The van der Waals surface area contributed by atoms with Gasteiger partial charge in [0.25, 0.3) is 5.92 Å². The van der Waals surface area contributed by atoms with Gasteiger partial charge >= 0.3 is 0 Å². The summed E-state index contributed by atoms with van der Waals surface area (Å²) >= 11 is 4.51. The van der Waals surface area contributed by atoms with E-state index in [2.05, 4.69) is 20.9 Å². The lowest BCUT2D eigenvalue weighted by atomic mass is 9.99. The van der Waals surface area contributed by atoms with Crippen molar-refractivity contribution < 1.29 is 8.78 Å². The van der Waals surface area contributed by atoms with Gasteiger partial charge in [0.05, 0.1) is 5.69 Å². The Hall–Kier alpha value is -0.0300. The fourth-order valence-electron chi connectivity index (χ4n) is 1.31. The molecule has 5 heteroatoms. The molecule has 0 aromatic carbocycles. The number of nitrogens with zero attached hydrogens (tertiary/aromatic N) is 1. The second-order valence-corrected chi connectivity index (χ2v) is 5.23. The summed E-state index contributed by atoms with van der Waals surface area (Å²) in [6.45, 7) is 0. The molecule has 0 saturated heterocycles. The average Bonchev–Trinajstić information content (AvgIpc) is 2.26. The quantitative estimate of drug-likeness (QED) is 0.693. The zero-order valence-corrected chi connectivity index (χ0v) is 8.51. The molecule has 1 aromatic rings. The Balaban J connectivity index is 2.34. The van der Waals surface area contributed by atoms with Crippen molar-refractivity contribution in [3.8, 4) is 0 Å². The number of halogens is 3. The molecule has 0 N–H and O–H groups in total. The van der Waals surface area contributed by atoms with Crippen molar-refractivity contribution >= 4 is 27.3 Å². The monoisotopic (exact) mass is 253 g/mol. The highest BCUT2D eigenvalue weighted by molar-refractivity contribution is 9.11. The highest BCUT2D eigenvalue weighted by Gasteiger charge is 2.35. The van der Waals surface area contributed by atoms with Gasteiger partial charge in [0.1, 0.15) is 0 Å². The number of hydrogen-bond acceptors (Lipinski definition) is 2. The Morgan fingerprint density at radius 3 is 3.00 bits per heavy atom. The number of aromatic nitrogens is 1. The second-order valence-electron chi connectivity index (χ2n) is 2.87. The van der Waals surface area contributed by atoms with E-state index in [1.54, 1.807) is 0 Å². The number of alkyl halides is 2. The molecule has 0 aliphatic heterocycles. The van der Waals surface area contributed by atoms with Gasteiger partial charge in [0.15, 0.2) is 3.92 Å². The van der Waals surface area contributed by atoms with E-state index in [9.17, 15) is 8.78 Å². The van der Waals surface area contributed by atoms with Gasteiger partial charge in [0.2, 0.25) is 0 Å². The Kier molecular flexibility index (Phi) is 1.95. The van der Waals surface area contributed by atoms with Crippen LogP contribution in [0.1, 0.15) is 17.0 Å². The van der Waals surface area contributed by atoms with Crippen LogP contribution < -0.4 is 0 Å². The first-order valence-corrected chi connectivity index (χ1v) is 5.20. The minimum absolute atomic E-state index is 0.0594. The molecule has 0 unspecified atom stereocenters. The second kappa shape index (κ2) is 2.73. The smallest absolute Gasteiger partial charge is 0.234 e. The van der Waals surface area contributed by atoms with Crippen LogP contribution in [0.15, 0.2) is 3.92 Å². The molecule has 0 bridgehead atoms. The van der Waals surface area contributed by atoms with Crippen molar-refractivity contribution in [1.29, 1.82) is 0 Å². The third-order valence-corrected chi connectivity index (χ3v) is 3.45. The minimum Gasteiger partial charge on any atom is -0.234 e. The lowest BCUT2D eigenvalue weighted by Gasteiger charge is -2.19. The highest BCUT2D eigenvalue weighted by Crippen LogP contribution is 2.36. The molecule has 1 aliphatic rings. The fraction of sp³-hybridized carbons (Fsp3) is 0.571. The Morgan fingerprint density at radius 1 is 1.50 bits per heavy atom. The van der Waals surface area contributed by atoms with Crippen molar-refractivity contribution in [2.24, 2.45) is 0 Å². The molecule has 0 spiro atoms. The topological polar surface area (TPSA) is 12.9 Å². The van der Waals surface area contributed by atoms with Gasteiger partial charge in [-0.1, -0.05) is 0 Å². The van der Waals surface area contributed by atoms with Crippen LogP contribution in [0, 0.1) is 0 Å². The molecule has 12 heavy (non-hydrogen) atoms. The molecule has 0 radical (unpaired) electrons. The van der Waals surface area contributed by atoms with E-state index >= 15 is 0 Å². The van der Waals surface area contributed by atoms with Crippen molar-refractivity contribution in [2.45, 2.75) is 25.2 Å². The van der Waals surface area contributed by atoms with Crippen molar-refractivity contribution in [3.63, 3.8) is 0 Å². The van der Waals surface area contributed by atoms with Gasteiger partial charge < -0.3 is 0 Å². The van der Waals surface area contributed by atoms with Crippen LogP contribution in [0.5, 0.6) is 0 Å². The molecule has 1 heterocycles. The van der Waals surface area contributed by atoms with E-state index in [0.29, 0.717) is 10.3 Å². The maximum atomic E-state index is 12.9. The number of hydrogen-bond donors (Lipinski definition) is 0. The third-order valence-electron chi connectivity index (χ3n) is 1.90. The van der Waals surface area contributed by atoms with Crippen LogP contribution in [-0.2, 0) is 12.8 Å². The maximum absolute atomic E-state index is 12.9. The molecule has 0 saturated carbocycles. The zero-order valence-electron chi connectivity index (χ0n) is 6.11. The van der Waals surface area contributed by atoms with E-state index in [1.165, 1.54) is 11.3 Å². The molecule has 1 nitrogen and oxygen atoms in total. The van der Waals surface area contributed by atoms with E-state index in [1.807, 2.05) is 0 Å². The molecule has 1 aliphatic carbocycles. The van der Waals surface area contributed by atoms with Crippen LogP contribution in [-0.4, -0.2) is 10.9 Å². The van der Waals surface area contributed by atoms with Gasteiger partial charge in [-0.3, -0.25) is 0 Å². The van der Waals surface area contributed by atoms with Crippen molar-refractivity contribution in [2.75, 3.05) is 0 Å². The van der Waals surface area contributed by atoms with E-state index < -0.39 is 5.92 Å². The molecule has 2 rings (SSSR count). The number of thiazole rings is 1. The lowest BCUT2D eigenvalue weighted by Crippen LogP contribution is -2.24. The Labute approximate surface area is 80.9 Å². The summed E-state index contributed by atoms with van der Waals surface area (Å²) in [6.07, 6.45) is 0.214. The number of fused-ring (bicyclic) bond motifs is 1. The van der Waals surface area contributed by atoms with Gasteiger partial charge in [-0.05, 0) is 22.4 Å². The summed E-state index contributed by atoms with van der Waals surface area (Å²) < 4.78 is 26.4.